The first-order valence-electron chi connectivity index (χ1n) is 11.0. The van der Waals surface area contributed by atoms with Crippen molar-refractivity contribution >= 4 is 33.4 Å². The Balaban J connectivity index is 1.24. The number of rotatable bonds is 6. The molecule has 0 radical (unpaired) electrons. The minimum Gasteiger partial charge on any atom is -0.465 e. The van der Waals surface area contributed by atoms with E-state index in [0.29, 0.717) is 36.8 Å². The molecule has 174 valence electrons. The van der Waals surface area contributed by atoms with E-state index < -0.39 is 11.9 Å². The van der Waals surface area contributed by atoms with Gasteiger partial charge in [-0.05, 0) is 60.6 Å². The van der Waals surface area contributed by atoms with Crippen molar-refractivity contribution in [3.05, 3.63) is 65.1 Å². The fraction of sp³-hybridized carbons (Fsp3) is 0.292. The summed E-state index contributed by atoms with van der Waals surface area (Å²) in [4.78, 5) is 29.7. The monoisotopic (exact) mass is 480 g/mol. The van der Waals surface area contributed by atoms with E-state index >= 15 is 0 Å². The van der Waals surface area contributed by atoms with E-state index in [4.69, 9.17) is 9.52 Å². The number of likely N-dealkylation sites (tertiary alicyclic amines) is 1. The summed E-state index contributed by atoms with van der Waals surface area (Å²) in [6, 6.07) is 11.9. The maximum atomic E-state index is 13.2. The third kappa shape index (κ3) is 4.67. The highest BCUT2D eigenvalue weighted by atomic mass is 32.1. The number of nitrogens with zero attached hydrogens (tertiary/aromatic N) is 4. The molecule has 1 amide bonds. The number of ketones is 1. The highest BCUT2D eigenvalue weighted by molar-refractivity contribution is 7.20. The van der Waals surface area contributed by atoms with Crippen LogP contribution in [0.3, 0.4) is 0 Å². The number of carboxylic acid groups (broad SMARTS) is 1. The molecule has 0 bridgehead atoms. The molecule has 0 atom stereocenters. The maximum absolute atomic E-state index is 13.2. The Morgan fingerprint density at radius 1 is 1.09 bits per heavy atom. The summed E-state index contributed by atoms with van der Waals surface area (Å²) in [6.45, 7) is 1.07. The summed E-state index contributed by atoms with van der Waals surface area (Å²) in [5.41, 5.74) is 2.47. The summed E-state index contributed by atoms with van der Waals surface area (Å²) in [5, 5.41) is 17.2. The molecule has 0 spiro atoms. The molecule has 1 fully saturated rings. The Bertz CT molecular complexity index is 1340. The van der Waals surface area contributed by atoms with Crippen LogP contribution in [0.2, 0.25) is 0 Å². The predicted octanol–water partition coefficient (Wildman–Crippen LogP) is 5.04. The lowest BCUT2D eigenvalue weighted by molar-refractivity contribution is 0.100. The van der Waals surface area contributed by atoms with E-state index in [1.54, 1.807) is 12.1 Å². The summed E-state index contributed by atoms with van der Waals surface area (Å²) in [5.74, 6) is -0.0190. The normalized spacial score (nSPS) is 14.6. The van der Waals surface area contributed by atoms with Gasteiger partial charge in [0.25, 0.3) is 11.7 Å². The number of carbonyl (C=O) groups is 2. The molecule has 8 nitrogen and oxygen atoms in total. The Kier molecular flexibility index (Phi) is 6.06. The average Bonchev–Trinajstić information content (AvgIpc) is 3.50. The van der Waals surface area contributed by atoms with Crippen LogP contribution < -0.4 is 0 Å². The van der Waals surface area contributed by atoms with Crippen molar-refractivity contribution in [2.75, 3.05) is 13.1 Å². The molecule has 1 N–H and O–H groups in total. The maximum Gasteiger partial charge on any atom is 0.407 e. The molecule has 4 aromatic rings. The number of aromatic nitrogens is 3. The zero-order chi connectivity index (χ0) is 23.7. The van der Waals surface area contributed by atoms with Crippen LogP contribution in [-0.2, 0) is 6.42 Å². The Hall–Kier alpha value is -3.66. The van der Waals surface area contributed by atoms with E-state index in [9.17, 15) is 14.0 Å². The summed E-state index contributed by atoms with van der Waals surface area (Å²) in [6.07, 6.45) is 2.07. The molecule has 3 heterocycles. The number of benzene rings is 2. The van der Waals surface area contributed by atoms with Crippen molar-refractivity contribution in [2.45, 2.75) is 25.7 Å². The van der Waals surface area contributed by atoms with E-state index in [1.165, 1.54) is 28.4 Å². The molecule has 2 aromatic heterocycles. The molecule has 5 rings (SSSR count). The first-order chi connectivity index (χ1) is 16.5. The molecule has 2 aromatic carbocycles. The van der Waals surface area contributed by atoms with E-state index in [2.05, 4.69) is 15.2 Å². The van der Waals surface area contributed by atoms with Crippen LogP contribution in [0.15, 0.2) is 46.9 Å². The van der Waals surface area contributed by atoms with Gasteiger partial charge >= 0.3 is 6.09 Å². The van der Waals surface area contributed by atoms with Gasteiger partial charge in [-0.25, -0.2) is 14.2 Å². The van der Waals surface area contributed by atoms with Gasteiger partial charge in [0.15, 0.2) is 5.01 Å². The van der Waals surface area contributed by atoms with Crippen molar-refractivity contribution in [1.82, 2.24) is 20.1 Å². The minimum absolute atomic E-state index is 0.0893. The quantitative estimate of drug-likeness (QED) is 0.385. The van der Waals surface area contributed by atoms with Crippen molar-refractivity contribution in [1.29, 1.82) is 0 Å². The second-order valence-corrected chi connectivity index (χ2v) is 9.32. The van der Waals surface area contributed by atoms with Gasteiger partial charge in [0, 0.05) is 19.5 Å². The lowest BCUT2D eigenvalue weighted by atomic mass is 9.92. The number of hydrogen-bond acceptors (Lipinski definition) is 7. The minimum atomic E-state index is -0.875. The van der Waals surface area contributed by atoms with Crippen LogP contribution in [0.4, 0.5) is 9.18 Å². The Labute approximate surface area is 198 Å². The summed E-state index contributed by atoms with van der Waals surface area (Å²) in [7, 11) is 0. The van der Waals surface area contributed by atoms with Gasteiger partial charge in [-0.2, -0.15) is 0 Å². The van der Waals surface area contributed by atoms with Crippen LogP contribution in [0.25, 0.3) is 21.3 Å². The molecule has 0 aliphatic carbocycles. The number of fused-ring (bicyclic) bond motifs is 1. The number of halogens is 1. The molecule has 1 aliphatic heterocycles. The zero-order valence-corrected chi connectivity index (χ0v) is 18.9. The lowest BCUT2D eigenvalue weighted by Gasteiger charge is -2.29. The van der Waals surface area contributed by atoms with Gasteiger partial charge in [-0.1, -0.05) is 18.2 Å². The Morgan fingerprint density at radius 2 is 1.82 bits per heavy atom. The fourth-order valence-electron chi connectivity index (χ4n) is 4.12. The number of carbonyl (C=O) groups excluding carboxylic acids is 1. The number of thiazole rings is 1. The fourth-order valence-corrected chi connectivity index (χ4v) is 5.06. The standard InChI is InChI=1S/C24H21FN4O4S/c25-17-5-2-15(3-6-17)16-4-7-18-19(13-16)34-23(26-18)21(30)22-28-27-20(33-22)8-1-14-9-11-29(12-10-14)24(31)32/h2-7,13-14H,1,8-12H2,(H,31,32). The highest BCUT2D eigenvalue weighted by Crippen LogP contribution is 2.29. The number of piperidine rings is 1. The second kappa shape index (κ2) is 9.30. The highest BCUT2D eigenvalue weighted by Gasteiger charge is 2.24. The lowest BCUT2D eigenvalue weighted by Crippen LogP contribution is -2.37. The van der Waals surface area contributed by atoms with Gasteiger partial charge in [-0.3, -0.25) is 4.79 Å². The number of hydrogen-bond donors (Lipinski definition) is 1. The Morgan fingerprint density at radius 3 is 2.56 bits per heavy atom. The third-order valence-corrected chi connectivity index (χ3v) is 7.09. The molecule has 1 saturated heterocycles. The van der Waals surface area contributed by atoms with Crippen LogP contribution in [0.5, 0.6) is 0 Å². The topological polar surface area (TPSA) is 109 Å². The van der Waals surface area contributed by atoms with Crippen molar-refractivity contribution in [3.8, 4) is 11.1 Å². The first kappa shape index (κ1) is 22.1. The van der Waals surface area contributed by atoms with Crippen molar-refractivity contribution in [3.63, 3.8) is 0 Å². The van der Waals surface area contributed by atoms with Crippen LogP contribution in [0.1, 0.15) is 40.8 Å². The first-order valence-corrected chi connectivity index (χ1v) is 11.8. The molecule has 10 heteroatoms. The smallest absolute Gasteiger partial charge is 0.407 e. The van der Waals surface area contributed by atoms with Gasteiger partial charge in [0.2, 0.25) is 5.89 Å². The predicted molar refractivity (Wildman–Crippen MR) is 123 cm³/mol. The van der Waals surface area contributed by atoms with E-state index in [0.717, 1.165) is 35.1 Å². The van der Waals surface area contributed by atoms with E-state index in [-0.39, 0.29) is 16.7 Å². The SMILES string of the molecule is O=C(c1nnc(CCC2CCN(C(=O)O)CC2)o1)c1nc2ccc(-c3ccc(F)cc3)cc2s1. The van der Waals surface area contributed by atoms with Crippen molar-refractivity contribution < 1.29 is 23.5 Å². The summed E-state index contributed by atoms with van der Waals surface area (Å²) < 4.78 is 19.6. The van der Waals surface area contributed by atoms with Gasteiger partial charge in [0.05, 0.1) is 10.2 Å². The largest absolute Gasteiger partial charge is 0.465 e. The van der Waals surface area contributed by atoms with Crippen LogP contribution in [-0.4, -0.2) is 50.2 Å². The van der Waals surface area contributed by atoms with Gasteiger partial charge in [0.1, 0.15) is 5.82 Å². The molecule has 0 saturated carbocycles. The third-order valence-electron chi connectivity index (χ3n) is 6.07. The second-order valence-electron chi connectivity index (χ2n) is 8.29. The number of aryl methyl sites for hydroxylation is 1. The van der Waals surface area contributed by atoms with Gasteiger partial charge < -0.3 is 14.4 Å². The average molecular weight is 481 g/mol. The molecule has 0 unspecified atom stereocenters. The zero-order valence-electron chi connectivity index (χ0n) is 18.1. The molecular formula is C24H21FN4O4S. The van der Waals surface area contributed by atoms with E-state index in [1.807, 2.05) is 18.2 Å². The number of amides is 1. The van der Waals surface area contributed by atoms with Crippen molar-refractivity contribution in [2.24, 2.45) is 5.92 Å². The van der Waals surface area contributed by atoms with Gasteiger partial charge in [-0.15, -0.1) is 21.5 Å². The summed E-state index contributed by atoms with van der Waals surface area (Å²) >= 11 is 1.24. The molecule has 34 heavy (non-hydrogen) atoms. The van der Waals surface area contributed by atoms with Crippen LogP contribution in [0, 0.1) is 11.7 Å². The van der Waals surface area contributed by atoms with Crippen LogP contribution >= 0.6 is 11.3 Å². The molecular weight excluding hydrogens is 459 g/mol. The molecule has 1 aliphatic rings.